The Kier molecular flexibility index (Phi) is 4.53. The van der Waals surface area contributed by atoms with Crippen molar-refractivity contribution in [3.8, 4) is 0 Å². The van der Waals surface area contributed by atoms with Crippen LogP contribution in [-0.4, -0.2) is 10.9 Å². The number of nitrogens with one attached hydrogen (secondary N) is 1. The minimum Gasteiger partial charge on any atom is -0.319 e. The van der Waals surface area contributed by atoms with Crippen molar-refractivity contribution in [3.63, 3.8) is 0 Å². The monoisotopic (exact) mass is 334 g/mol. The Morgan fingerprint density at radius 3 is 2.26 bits per heavy atom. The summed E-state index contributed by atoms with van der Waals surface area (Å²) in [5.74, 6) is -0.454. The first-order chi connectivity index (χ1) is 8.99. The number of carbonyl (C=O) groups excluding carboxylic acids is 1. The third-order valence-corrected chi connectivity index (χ3v) is 3.40. The summed E-state index contributed by atoms with van der Waals surface area (Å²) in [5, 5.41) is 3.73. The molecular formula is C12H6Cl4N2O. The predicted molar refractivity (Wildman–Crippen MR) is 78.7 cm³/mol. The molecule has 0 saturated heterocycles. The van der Waals surface area contributed by atoms with Crippen LogP contribution < -0.4 is 5.32 Å². The Morgan fingerprint density at radius 2 is 1.68 bits per heavy atom. The van der Waals surface area contributed by atoms with Crippen molar-refractivity contribution >= 4 is 58.0 Å². The van der Waals surface area contributed by atoms with E-state index in [4.69, 9.17) is 46.4 Å². The highest BCUT2D eigenvalue weighted by Crippen LogP contribution is 2.34. The first-order valence-electron chi connectivity index (χ1n) is 5.04. The molecule has 1 aromatic heterocycles. The molecule has 0 aliphatic heterocycles. The first kappa shape index (κ1) is 14.4. The van der Waals surface area contributed by atoms with Gasteiger partial charge in [-0.25, -0.2) is 0 Å². The maximum absolute atomic E-state index is 12.0. The van der Waals surface area contributed by atoms with E-state index < -0.39 is 5.91 Å². The number of nitrogens with zero attached hydrogens (tertiary/aromatic N) is 1. The van der Waals surface area contributed by atoms with Crippen LogP contribution in [0, 0.1) is 0 Å². The third-order valence-electron chi connectivity index (χ3n) is 2.26. The van der Waals surface area contributed by atoms with Crippen LogP contribution in [0.2, 0.25) is 20.1 Å². The summed E-state index contributed by atoms with van der Waals surface area (Å²) in [6.07, 6.45) is 2.84. The van der Waals surface area contributed by atoms with E-state index in [1.807, 2.05) is 0 Å². The molecule has 0 aliphatic rings. The number of anilines is 1. The first-order valence-corrected chi connectivity index (χ1v) is 6.55. The molecule has 2 aromatic rings. The number of amides is 1. The van der Waals surface area contributed by atoms with E-state index in [2.05, 4.69) is 10.3 Å². The van der Waals surface area contributed by atoms with Crippen LogP contribution in [0.4, 0.5) is 5.69 Å². The molecule has 0 spiro atoms. The van der Waals surface area contributed by atoms with Crippen LogP contribution in [0.25, 0.3) is 0 Å². The summed E-state index contributed by atoms with van der Waals surface area (Å²) >= 11 is 23.6. The lowest BCUT2D eigenvalue weighted by molar-refractivity contribution is 0.102. The van der Waals surface area contributed by atoms with E-state index in [-0.39, 0.29) is 26.3 Å². The van der Waals surface area contributed by atoms with Crippen molar-refractivity contribution in [2.24, 2.45) is 0 Å². The van der Waals surface area contributed by atoms with Crippen LogP contribution in [0.5, 0.6) is 0 Å². The second kappa shape index (κ2) is 5.97. The lowest BCUT2D eigenvalue weighted by Crippen LogP contribution is -2.13. The summed E-state index contributed by atoms with van der Waals surface area (Å²) in [6, 6.07) is 4.48. The Morgan fingerprint density at radius 1 is 1.05 bits per heavy atom. The van der Waals surface area contributed by atoms with Gasteiger partial charge in [-0.05, 0) is 18.2 Å². The summed E-state index contributed by atoms with van der Waals surface area (Å²) in [7, 11) is 0. The highest BCUT2D eigenvalue weighted by atomic mass is 35.5. The fourth-order valence-electron chi connectivity index (χ4n) is 1.39. The summed E-state index contributed by atoms with van der Waals surface area (Å²) in [6.45, 7) is 0. The average Bonchev–Trinajstić information content (AvgIpc) is 2.34. The SMILES string of the molecule is O=C(Nc1c(Cl)cc(Cl)cc1Cl)c1cnccc1Cl. The highest BCUT2D eigenvalue weighted by molar-refractivity contribution is 6.42. The smallest absolute Gasteiger partial charge is 0.258 e. The Labute approximate surface area is 129 Å². The van der Waals surface area contributed by atoms with Gasteiger partial charge < -0.3 is 5.32 Å². The number of hydrogen-bond acceptors (Lipinski definition) is 2. The minimum absolute atomic E-state index is 0.228. The van der Waals surface area contributed by atoms with Crippen LogP contribution in [-0.2, 0) is 0 Å². The van der Waals surface area contributed by atoms with Crippen LogP contribution >= 0.6 is 46.4 Å². The second-order valence-corrected chi connectivity index (χ2v) is 5.21. The molecule has 98 valence electrons. The van der Waals surface area contributed by atoms with Crippen molar-refractivity contribution in [2.75, 3.05) is 5.32 Å². The van der Waals surface area contributed by atoms with Gasteiger partial charge in [-0.1, -0.05) is 46.4 Å². The van der Waals surface area contributed by atoms with E-state index in [0.29, 0.717) is 5.02 Å². The van der Waals surface area contributed by atoms with Gasteiger partial charge in [-0.2, -0.15) is 0 Å². The largest absolute Gasteiger partial charge is 0.319 e. The Hall–Kier alpha value is -1.00. The molecule has 19 heavy (non-hydrogen) atoms. The van der Waals surface area contributed by atoms with Gasteiger partial charge in [0.15, 0.2) is 0 Å². The molecule has 1 amide bonds. The molecule has 0 radical (unpaired) electrons. The molecular weight excluding hydrogens is 330 g/mol. The molecule has 0 atom stereocenters. The second-order valence-electron chi connectivity index (χ2n) is 3.55. The number of halogens is 4. The standard InChI is InChI=1S/C12H6Cl4N2O/c13-6-3-9(15)11(10(16)4-6)18-12(19)7-5-17-2-1-8(7)14/h1-5H,(H,18,19). The number of hydrogen-bond donors (Lipinski definition) is 1. The molecule has 2 rings (SSSR count). The van der Waals surface area contributed by atoms with E-state index in [0.717, 1.165) is 0 Å². The van der Waals surface area contributed by atoms with E-state index in [9.17, 15) is 4.79 Å². The topological polar surface area (TPSA) is 42.0 Å². The molecule has 1 aromatic carbocycles. The Bertz CT molecular complexity index is 622. The van der Waals surface area contributed by atoms with Gasteiger partial charge in [-0.3, -0.25) is 9.78 Å². The number of benzene rings is 1. The van der Waals surface area contributed by atoms with Crippen molar-refractivity contribution in [1.29, 1.82) is 0 Å². The van der Waals surface area contributed by atoms with Crippen LogP contribution in [0.1, 0.15) is 10.4 Å². The third kappa shape index (κ3) is 3.31. The van der Waals surface area contributed by atoms with Gasteiger partial charge in [0.05, 0.1) is 26.3 Å². The molecule has 1 N–H and O–H groups in total. The van der Waals surface area contributed by atoms with Crippen molar-refractivity contribution in [2.45, 2.75) is 0 Å². The zero-order valence-electron chi connectivity index (χ0n) is 9.25. The zero-order valence-corrected chi connectivity index (χ0v) is 12.3. The average molecular weight is 336 g/mol. The molecule has 0 bridgehead atoms. The van der Waals surface area contributed by atoms with Crippen molar-refractivity contribution in [1.82, 2.24) is 4.98 Å². The van der Waals surface area contributed by atoms with Gasteiger partial charge in [-0.15, -0.1) is 0 Å². The molecule has 0 unspecified atom stereocenters. The summed E-state index contributed by atoms with van der Waals surface area (Å²) in [4.78, 5) is 15.9. The van der Waals surface area contributed by atoms with Gasteiger partial charge in [0, 0.05) is 17.4 Å². The van der Waals surface area contributed by atoms with Crippen LogP contribution in [0.15, 0.2) is 30.6 Å². The molecule has 7 heteroatoms. The Balaban J connectivity index is 2.32. The highest BCUT2D eigenvalue weighted by Gasteiger charge is 2.15. The van der Waals surface area contributed by atoms with Crippen molar-refractivity contribution < 1.29 is 4.79 Å². The minimum atomic E-state index is -0.454. The van der Waals surface area contributed by atoms with Gasteiger partial charge in [0.1, 0.15) is 0 Å². The fourth-order valence-corrected chi connectivity index (χ4v) is 2.49. The molecule has 0 fully saturated rings. The number of carbonyl (C=O) groups is 1. The van der Waals surface area contributed by atoms with E-state index >= 15 is 0 Å². The van der Waals surface area contributed by atoms with Gasteiger partial charge in [0.25, 0.3) is 5.91 Å². The predicted octanol–water partition coefficient (Wildman–Crippen LogP) is 4.95. The lowest BCUT2D eigenvalue weighted by Gasteiger charge is -2.10. The maximum Gasteiger partial charge on any atom is 0.258 e. The number of rotatable bonds is 2. The number of aromatic nitrogens is 1. The molecule has 0 saturated carbocycles. The van der Waals surface area contributed by atoms with E-state index in [1.54, 1.807) is 0 Å². The van der Waals surface area contributed by atoms with Crippen molar-refractivity contribution in [3.05, 3.63) is 56.2 Å². The summed E-state index contributed by atoms with van der Waals surface area (Å²) < 4.78 is 0. The van der Waals surface area contributed by atoms with Gasteiger partial charge in [0.2, 0.25) is 0 Å². The van der Waals surface area contributed by atoms with E-state index in [1.165, 1.54) is 30.6 Å². The lowest BCUT2D eigenvalue weighted by atomic mass is 10.2. The quantitative estimate of drug-likeness (QED) is 0.843. The van der Waals surface area contributed by atoms with Gasteiger partial charge >= 0.3 is 0 Å². The zero-order chi connectivity index (χ0) is 14.0. The summed E-state index contributed by atoms with van der Waals surface area (Å²) in [5.41, 5.74) is 0.504. The molecule has 0 aliphatic carbocycles. The fraction of sp³-hybridized carbons (Fsp3) is 0. The normalized spacial score (nSPS) is 10.3. The molecule has 1 heterocycles. The maximum atomic E-state index is 12.0. The number of pyridine rings is 1. The molecule has 3 nitrogen and oxygen atoms in total. The van der Waals surface area contributed by atoms with Crippen LogP contribution in [0.3, 0.4) is 0 Å².